The van der Waals surface area contributed by atoms with Crippen molar-refractivity contribution in [2.75, 3.05) is 19.8 Å². The van der Waals surface area contributed by atoms with Gasteiger partial charge in [0.2, 0.25) is 17.7 Å². The fourth-order valence-corrected chi connectivity index (χ4v) is 7.59. The van der Waals surface area contributed by atoms with Crippen LogP contribution in [-0.2, 0) is 28.7 Å². The lowest BCUT2D eigenvalue weighted by molar-refractivity contribution is -0.152. The number of nitrogens with zero attached hydrogens (tertiary/aromatic N) is 2. The summed E-state index contributed by atoms with van der Waals surface area (Å²) >= 11 is 3.58. The molecule has 4 aliphatic rings. The SMILES string of the molecule is CC(C)[C@H](CO)N1C(=O)[C@H]2[C@@H]3C(=O)N[C@H](c4ccccc4)COC(=O)CC/C=C\CN(C(C)C)C(=O)[C@H]1[C@@]21C=C(Br)[C@@H]3O1. The fraction of sp³-hybridized carbons (Fsp3) is 0.562. The summed E-state index contributed by atoms with van der Waals surface area (Å²) in [6.07, 6.45) is 5.25. The van der Waals surface area contributed by atoms with E-state index in [1.54, 1.807) is 11.0 Å². The Morgan fingerprint density at radius 1 is 1.07 bits per heavy atom. The number of ether oxygens (including phenoxy) is 2. The summed E-state index contributed by atoms with van der Waals surface area (Å²) in [7, 11) is 0. The van der Waals surface area contributed by atoms with Gasteiger partial charge in [-0.3, -0.25) is 19.2 Å². The molecule has 1 aromatic carbocycles. The van der Waals surface area contributed by atoms with E-state index in [4.69, 9.17) is 9.47 Å². The number of aliphatic hydroxyl groups is 1. The first kappa shape index (κ1) is 31.4. The van der Waals surface area contributed by atoms with Gasteiger partial charge in [-0.05, 0) is 37.8 Å². The molecular weight excluding hydrogens is 618 g/mol. The van der Waals surface area contributed by atoms with Crippen molar-refractivity contribution in [2.24, 2.45) is 17.8 Å². The molecule has 1 spiro atoms. The lowest BCUT2D eigenvalue weighted by atomic mass is 9.74. The topological polar surface area (TPSA) is 125 Å². The third-order valence-electron chi connectivity index (χ3n) is 9.03. The Hall–Kier alpha value is -3.02. The Kier molecular flexibility index (Phi) is 9.15. The Balaban J connectivity index is 1.63. The molecule has 0 saturated carbocycles. The highest BCUT2D eigenvalue weighted by Gasteiger charge is 2.75. The van der Waals surface area contributed by atoms with Crippen molar-refractivity contribution in [3.63, 3.8) is 0 Å². The van der Waals surface area contributed by atoms with Crippen molar-refractivity contribution >= 4 is 39.6 Å². The fourth-order valence-electron chi connectivity index (χ4n) is 6.85. The highest BCUT2D eigenvalue weighted by atomic mass is 79.9. The highest BCUT2D eigenvalue weighted by molar-refractivity contribution is 9.11. The number of hydrogen-bond acceptors (Lipinski definition) is 7. The van der Waals surface area contributed by atoms with Crippen LogP contribution in [0.25, 0.3) is 0 Å². The summed E-state index contributed by atoms with van der Waals surface area (Å²) in [6, 6.07) is 6.57. The van der Waals surface area contributed by atoms with Crippen molar-refractivity contribution < 1.29 is 33.8 Å². The summed E-state index contributed by atoms with van der Waals surface area (Å²) in [6.45, 7) is 7.41. The van der Waals surface area contributed by atoms with Gasteiger partial charge in [-0.15, -0.1) is 0 Å². The van der Waals surface area contributed by atoms with Crippen LogP contribution in [0.5, 0.6) is 0 Å². The molecule has 0 unspecified atom stereocenters. The predicted molar refractivity (Wildman–Crippen MR) is 161 cm³/mol. The molecule has 0 aromatic heterocycles. The number of cyclic esters (lactones) is 1. The normalized spacial score (nSPS) is 33.0. The Morgan fingerprint density at radius 3 is 2.44 bits per heavy atom. The molecule has 2 N–H and O–H groups in total. The number of hydrogen-bond donors (Lipinski definition) is 2. The highest BCUT2D eigenvalue weighted by Crippen LogP contribution is 2.59. The van der Waals surface area contributed by atoms with Crippen molar-refractivity contribution in [1.29, 1.82) is 0 Å². The maximum Gasteiger partial charge on any atom is 0.306 e. The van der Waals surface area contributed by atoms with E-state index in [1.165, 1.54) is 4.90 Å². The van der Waals surface area contributed by atoms with Crippen LogP contribution in [-0.4, -0.2) is 88.2 Å². The second-order valence-corrected chi connectivity index (χ2v) is 13.2. The Morgan fingerprint density at radius 2 is 1.79 bits per heavy atom. The number of amides is 3. The molecule has 2 saturated heterocycles. The molecule has 4 aliphatic heterocycles. The molecule has 0 radical (unpaired) electrons. The molecule has 1 aromatic rings. The lowest BCUT2D eigenvalue weighted by Gasteiger charge is -2.40. The molecule has 11 heteroatoms. The van der Waals surface area contributed by atoms with Crippen LogP contribution in [0.4, 0.5) is 0 Å². The van der Waals surface area contributed by atoms with Gasteiger partial charge >= 0.3 is 5.97 Å². The number of benzene rings is 1. The molecule has 0 aliphatic carbocycles. The number of esters is 1. The number of likely N-dealkylation sites (tertiary alicyclic amines) is 1. The third-order valence-corrected chi connectivity index (χ3v) is 9.71. The van der Waals surface area contributed by atoms with Crippen LogP contribution in [0.2, 0.25) is 0 Å². The average Bonchev–Trinajstić information content (AvgIpc) is 3.56. The van der Waals surface area contributed by atoms with Crippen molar-refractivity contribution in [3.8, 4) is 0 Å². The van der Waals surface area contributed by atoms with E-state index in [2.05, 4.69) is 21.2 Å². The van der Waals surface area contributed by atoms with Crippen molar-refractivity contribution in [2.45, 2.75) is 76.4 Å². The maximum atomic E-state index is 14.6. The number of rotatable bonds is 5. The van der Waals surface area contributed by atoms with Crippen LogP contribution in [0.3, 0.4) is 0 Å². The minimum Gasteiger partial charge on any atom is -0.463 e. The zero-order valence-corrected chi connectivity index (χ0v) is 26.5. The Bertz CT molecular complexity index is 1320. The molecule has 5 bridgehead atoms. The number of halogens is 1. The minimum absolute atomic E-state index is 0.0778. The predicted octanol–water partition coefficient (Wildman–Crippen LogP) is 2.86. The number of aliphatic hydroxyl groups excluding tert-OH is 1. The molecule has 7 atom stereocenters. The van der Waals surface area contributed by atoms with Gasteiger partial charge in [-0.25, -0.2) is 0 Å². The maximum absolute atomic E-state index is 14.6. The van der Waals surface area contributed by atoms with Gasteiger partial charge < -0.3 is 29.7 Å². The molecule has 43 heavy (non-hydrogen) atoms. The molecule has 10 nitrogen and oxygen atoms in total. The zero-order chi connectivity index (χ0) is 31.1. The first-order valence-corrected chi connectivity index (χ1v) is 15.8. The standard InChI is InChI=1S/C32H40BrN3O7/c1-18(2)23(16-37)36-28-31(41)35(19(3)4)14-10-6-9-13-24(38)42-17-22(20-11-7-5-8-12-20)34-29(39)25-26(30(36)40)32(28)15-21(33)27(25)43-32/h5-8,10-12,15,18-19,22-23,25-28,37H,9,13-14,16-17H2,1-4H3,(H,34,39)/b10-6-/t22-,23-,25-,26+,27-,28-,32+/m0/s1. The van der Waals surface area contributed by atoms with Gasteiger partial charge in [-0.2, -0.15) is 0 Å². The molecule has 4 heterocycles. The van der Waals surface area contributed by atoms with E-state index in [9.17, 15) is 24.3 Å². The molecule has 232 valence electrons. The smallest absolute Gasteiger partial charge is 0.306 e. The van der Waals surface area contributed by atoms with Gasteiger partial charge in [0.25, 0.3) is 0 Å². The molecule has 2 fully saturated rings. The summed E-state index contributed by atoms with van der Waals surface area (Å²) in [4.78, 5) is 58.9. The monoisotopic (exact) mass is 657 g/mol. The van der Waals surface area contributed by atoms with Crippen LogP contribution in [0, 0.1) is 17.8 Å². The summed E-state index contributed by atoms with van der Waals surface area (Å²) in [5, 5.41) is 13.5. The van der Waals surface area contributed by atoms with Crippen LogP contribution < -0.4 is 5.32 Å². The molecule has 5 rings (SSSR count). The van der Waals surface area contributed by atoms with Gasteiger partial charge in [-0.1, -0.05) is 72.3 Å². The number of allylic oxidation sites excluding steroid dienone is 1. The minimum atomic E-state index is -1.40. The van der Waals surface area contributed by atoms with Crippen LogP contribution in [0.1, 0.15) is 52.1 Å². The van der Waals surface area contributed by atoms with Gasteiger partial charge in [0.15, 0.2) is 0 Å². The van der Waals surface area contributed by atoms with E-state index in [1.807, 2.05) is 70.2 Å². The van der Waals surface area contributed by atoms with Crippen LogP contribution >= 0.6 is 15.9 Å². The first-order valence-electron chi connectivity index (χ1n) is 15.0. The van der Waals surface area contributed by atoms with Gasteiger partial charge in [0, 0.05) is 23.5 Å². The number of fused-ring (bicyclic) bond motifs is 2. The third kappa shape index (κ3) is 5.55. The second-order valence-electron chi connectivity index (χ2n) is 12.3. The second kappa shape index (κ2) is 12.5. The Labute approximate surface area is 260 Å². The zero-order valence-electron chi connectivity index (χ0n) is 24.9. The van der Waals surface area contributed by atoms with Crippen molar-refractivity contribution in [3.05, 3.63) is 58.6 Å². The first-order chi connectivity index (χ1) is 20.5. The van der Waals surface area contributed by atoms with E-state index >= 15 is 0 Å². The van der Waals surface area contributed by atoms with Crippen molar-refractivity contribution in [1.82, 2.24) is 15.1 Å². The quantitative estimate of drug-likeness (QED) is 0.368. The number of nitrogens with one attached hydrogen (secondary N) is 1. The van der Waals surface area contributed by atoms with Crippen LogP contribution in [0.15, 0.2) is 53.0 Å². The van der Waals surface area contributed by atoms with Gasteiger partial charge in [0.05, 0.1) is 30.5 Å². The van der Waals surface area contributed by atoms with E-state index in [-0.39, 0.29) is 44.0 Å². The van der Waals surface area contributed by atoms with E-state index in [0.717, 1.165) is 5.56 Å². The summed E-state index contributed by atoms with van der Waals surface area (Å²) < 4.78 is 12.8. The van der Waals surface area contributed by atoms with E-state index < -0.39 is 59.5 Å². The molecular formula is C32H40BrN3O7. The summed E-state index contributed by atoms with van der Waals surface area (Å²) in [5.41, 5.74) is -0.656. The largest absolute Gasteiger partial charge is 0.463 e. The van der Waals surface area contributed by atoms with E-state index in [0.29, 0.717) is 10.9 Å². The molecule has 3 amide bonds. The lowest BCUT2D eigenvalue weighted by Crippen LogP contribution is -2.60. The average molecular weight is 659 g/mol. The summed E-state index contributed by atoms with van der Waals surface area (Å²) in [5.74, 6) is -3.67. The number of carbonyl (C=O) groups is 4. The van der Waals surface area contributed by atoms with Gasteiger partial charge in [0.1, 0.15) is 24.4 Å². The number of carbonyl (C=O) groups excluding carboxylic acids is 4.